The number of piperidine rings is 1. The first-order valence-electron chi connectivity index (χ1n) is 5.59. The molecule has 6 nitrogen and oxygen atoms in total. The second-order valence-electron chi connectivity index (χ2n) is 4.24. The van der Waals surface area contributed by atoms with Crippen LogP contribution in [0.3, 0.4) is 0 Å². The predicted octanol–water partition coefficient (Wildman–Crippen LogP) is 1.24. The quantitative estimate of drug-likeness (QED) is 0.874. The number of hydrogen-bond acceptors (Lipinski definition) is 6. The van der Waals surface area contributed by atoms with Gasteiger partial charge in [-0.1, -0.05) is 6.92 Å². The Labute approximate surface area is 104 Å². The summed E-state index contributed by atoms with van der Waals surface area (Å²) in [5.74, 6) is 0.757. The fraction of sp³-hybridized carbons (Fsp3) is 0.700. The number of rotatable bonds is 4. The molecule has 94 valence electrons. The number of carboxylic acids is 1. The Kier molecular flexibility index (Phi) is 3.78. The molecule has 0 radical (unpaired) electrons. The van der Waals surface area contributed by atoms with E-state index in [1.54, 1.807) is 0 Å². The topological polar surface area (TPSA) is 75.5 Å². The van der Waals surface area contributed by atoms with Gasteiger partial charge >= 0.3 is 5.97 Å². The van der Waals surface area contributed by atoms with Gasteiger partial charge in [-0.3, -0.25) is 0 Å². The molecular formula is C10H15N3O3S. The van der Waals surface area contributed by atoms with Gasteiger partial charge in [0.05, 0.1) is 11.7 Å². The van der Waals surface area contributed by atoms with Crippen LogP contribution in [0.2, 0.25) is 0 Å². The van der Waals surface area contributed by atoms with Crippen LogP contribution in [0.5, 0.6) is 5.88 Å². The van der Waals surface area contributed by atoms with Crippen LogP contribution in [0.1, 0.15) is 19.8 Å². The molecule has 0 aliphatic carbocycles. The monoisotopic (exact) mass is 257 g/mol. The third-order valence-electron chi connectivity index (χ3n) is 2.86. The fourth-order valence-corrected chi connectivity index (χ4v) is 2.33. The summed E-state index contributed by atoms with van der Waals surface area (Å²) in [6.45, 7) is 3.72. The number of carbonyl (C=O) groups is 1. The van der Waals surface area contributed by atoms with Crippen LogP contribution in [0.25, 0.3) is 0 Å². The van der Waals surface area contributed by atoms with Crippen molar-refractivity contribution in [3.8, 4) is 5.88 Å². The van der Waals surface area contributed by atoms with Crippen LogP contribution in [0, 0.1) is 5.92 Å². The molecule has 0 bridgehead atoms. The summed E-state index contributed by atoms with van der Waals surface area (Å²) < 4.78 is 13.3. The standard InChI is InChI=1S/C10H15N3O3S/c1-7-2-4-13(5-3-7)9-10(12-17-11-9)16-6-8(14)15/h7H,2-6H2,1H3,(H,14,15). The van der Waals surface area contributed by atoms with E-state index in [1.165, 1.54) is 0 Å². The second kappa shape index (κ2) is 5.31. The molecule has 1 aromatic rings. The molecule has 1 aliphatic heterocycles. The van der Waals surface area contributed by atoms with Gasteiger partial charge in [0.2, 0.25) is 5.82 Å². The van der Waals surface area contributed by atoms with Gasteiger partial charge in [-0.25, -0.2) is 4.79 Å². The first kappa shape index (κ1) is 12.1. The fourth-order valence-electron chi connectivity index (χ4n) is 1.81. The molecule has 7 heteroatoms. The Bertz CT molecular complexity index is 388. The van der Waals surface area contributed by atoms with Crippen molar-refractivity contribution in [2.45, 2.75) is 19.8 Å². The molecule has 0 unspecified atom stereocenters. The Morgan fingerprint density at radius 2 is 2.24 bits per heavy atom. The number of hydrogen-bond donors (Lipinski definition) is 1. The van der Waals surface area contributed by atoms with E-state index in [0.717, 1.165) is 43.6 Å². The summed E-state index contributed by atoms with van der Waals surface area (Å²) in [7, 11) is 0. The van der Waals surface area contributed by atoms with E-state index in [-0.39, 0.29) is 6.61 Å². The second-order valence-corrected chi connectivity index (χ2v) is 4.77. The van der Waals surface area contributed by atoms with Gasteiger partial charge < -0.3 is 14.7 Å². The van der Waals surface area contributed by atoms with Crippen LogP contribution in [0.4, 0.5) is 5.82 Å². The summed E-state index contributed by atoms with van der Waals surface area (Å²) in [6, 6.07) is 0. The number of nitrogens with zero attached hydrogens (tertiary/aromatic N) is 3. The molecule has 0 aromatic carbocycles. The Hall–Kier alpha value is -1.37. The summed E-state index contributed by atoms with van der Waals surface area (Å²) in [4.78, 5) is 12.6. The van der Waals surface area contributed by atoms with Gasteiger partial charge in [0.25, 0.3) is 5.88 Å². The molecule has 0 atom stereocenters. The summed E-state index contributed by atoms with van der Waals surface area (Å²) >= 11 is 1.05. The van der Waals surface area contributed by atoms with Crippen LogP contribution in [-0.4, -0.2) is 39.5 Å². The van der Waals surface area contributed by atoms with Gasteiger partial charge in [0.1, 0.15) is 0 Å². The zero-order valence-electron chi connectivity index (χ0n) is 9.63. The Morgan fingerprint density at radius 3 is 2.88 bits per heavy atom. The van der Waals surface area contributed by atoms with Crippen molar-refractivity contribution >= 4 is 23.5 Å². The van der Waals surface area contributed by atoms with Crippen LogP contribution in [0.15, 0.2) is 0 Å². The van der Waals surface area contributed by atoms with Gasteiger partial charge in [0.15, 0.2) is 6.61 Å². The van der Waals surface area contributed by atoms with Crippen molar-refractivity contribution in [3.63, 3.8) is 0 Å². The predicted molar refractivity (Wildman–Crippen MR) is 63.7 cm³/mol. The van der Waals surface area contributed by atoms with Crippen molar-refractivity contribution < 1.29 is 14.6 Å². The van der Waals surface area contributed by atoms with Crippen LogP contribution < -0.4 is 9.64 Å². The molecule has 1 saturated heterocycles. The minimum atomic E-state index is -1.00. The van der Waals surface area contributed by atoms with E-state index >= 15 is 0 Å². The Morgan fingerprint density at radius 1 is 1.53 bits per heavy atom. The van der Waals surface area contributed by atoms with E-state index in [0.29, 0.717) is 11.7 Å². The van der Waals surface area contributed by atoms with Crippen LogP contribution in [-0.2, 0) is 4.79 Å². The zero-order valence-corrected chi connectivity index (χ0v) is 10.4. The van der Waals surface area contributed by atoms with E-state index in [1.807, 2.05) is 0 Å². The average molecular weight is 257 g/mol. The number of ether oxygens (including phenoxy) is 1. The van der Waals surface area contributed by atoms with Crippen molar-refractivity contribution in [1.29, 1.82) is 0 Å². The summed E-state index contributed by atoms with van der Waals surface area (Å²) in [6.07, 6.45) is 2.24. The van der Waals surface area contributed by atoms with E-state index in [2.05, 4.69) is 20.6 Å². The number of aliphatic carboxylic acids is 1. The van der Waals surface area contributed by atoms with Crippen molar-refractivity contribution in [2.75, 3.05) is 24.6 Å². The lowest BCUT2D eigenvalue weighted by Crippen LogP contribution is -2.33. The SMILES string of the molecule is CC1CCN(c2nsnc2OCC(=O)O)CC1. The minimum Gasteiger partial charge on any atom is -0.479 e. The third-order valence-corrected chi connectivity index (χ3v) is 3.36. The van der Waals surface area contributed by atoms with Gasteiger partial charge in [-0.15, -0.1) is 4.37 Å². The molecule has 0 spiro atoms. The highest BCUT2D eigenvalue weighted by molar-refractivity contribution is 6.99. The van der Waals surface area contributed by atoms with E-state index in [9.17, 15) is 4.79 Å². The lowest BCUT2D eigenvalue weighted by Gasteiger charge is -2.30. The summed E-state index contributed by atoms with van der Waals surface area (Å²) in [5.41, 5.74) is 0. The van der Waals surface area contributed by atoms with Gasteiger partial charge in [-0.05, 0) is 18.8 Å². The Balaban J connectivity index is 2.00. The molecule has 2 rings (SSSR count). The summed E-state index contributed by atoms with van der Waals surface area (Å²) in [5, 5.41) is 8.56. The molecule has 0 amide bonds. The van der Waals surface area contributed by atoms with Crippen molar-refractivity contribution in [1.82, 2.24) is 8.75 Å². The lowest BCUT2D eigenvalue weighted by atomic mass is 9.99. The van der Waals surface area contributed by atoms with E-state index < -0.39 is 5.97 Å². The highest BCUT2D eigenvalue weighted by Crippen LogP contribution is 2.29. The first-order chi connectivity index (χ1) is 8.16. The zero-order chi connectivity index (χ0) is 12.3. The number of anilines is 1. The maximum atomic E-state index is 10.4. The van der Waals surface area contributed by atoms with Crippen molar-refractivity contribution in [2.24, 2.45) is 5.92 Å². The largest absolute Gasteiger partial charge is 0.479 e. The smallest absolute Gasteiger partial charge is 0.341 e. The third kappa shape index (κ3) is 3.06. The normalized spacial score (nSPS) is 17.1. The van der Waals surface area contributed by atoms with Gasteiger partial charge in [0, 0.05) is 13.1 Å². The maximum Gasteiger partial charge on any atom is 0.341 e. The molecular weight excluding hydrogens is 242 g/mol. The average Bonchev–Trinajstić information content (AvgIpc) is 2.75. The van der Waals surface area contributed by atoms with Gasteiger partial charge in [-0.2, -0.15) is 4.37 Å². The first-order valence-corrected chi connectivity index (χ1v) is 6.32. The van der Waals surface area contributed by atoms with Crippen LogP contribution >= 0.6 is 11.7 Å². The van der Waals surface area contributed by atoms with E-state index in [4.69, 9.17) is 9.84 Å². The molecule has 1 fully saturated rings. The number of aromatic nitrogens is 2. The lowest BCUT2D eigenvalue weighted by molar-refractivity contribution is -0.139. The maximum absolute atomic E-state index is 10.4. The number of carboxylic acid groups (broad SMARTS) is 1. The van der Waals surface area contributed by atoms with Crippen molar-refractivity contribution in [3.05, 3.63) is 0 Å². The molecule has 0 saturated carbocycles. The molecule has 1 aliphatic rings. The minimum absolute atomic E-state index is 0.340. The highest BCUT2D eigenvalue weighted by atomic mass is 32.1. The highest BCUT2D eigenvalue weighted by Gasteiger charge is 2.22. The molecule has 1 N–H and O–H groups in total. The molecule has 2 heterocycles. The molecule has 17 heavy (non-hydrogen) atoms. The molecule has 1 aromatic heterocycles.